The topological polar surface area (TPSA) is 114 Å². The molecule has 1 aliphatic heterocycles. The molecule has 0 aliphatic carbocycles. The highest BCUT2D eigenvalue weighted by atomic mass is 35.5. The molecule has 2 aromatic carbocycles. The number of halogens is 1. The fourth-order valence-corrected chi connectivity index (χ4v) is 3.62. The van der Waals surface area contributed by atoms with Gasteiger partial charge in [-0.25, -0.2) is 0 Å². The fourth-order valence-electron chi connectivity index (χ4n) is 3.45. The fraction of sp³-hybridized carbons (Fsp3) is 0.333. The van der Waals surface area contributed by atoms with Crippen LogP contribution in [0.3, 0.4) is 0 Å². The van der Waals surface area contributed by atoms with Crippen molar-refractivity contribution in [1.29, 1.82) is 0 Å². The van der Waals surface area contributed by atoms with E-state index in [4.69, 9.17) is 21.1 Å². The minimum Gasteiger partial charge on any atom is -0.493 e. The Morgan fingerprint density at radius 2 is 1.75 bits per heavy atom. The second-order valence-electron chi connectivity index (χ2n) is 7.01. The molecule has 0 bridgehead atoms. The van der Waals surface area contributed by atoms with E-state index in [1.807, 2.05) is 4.90 Å². The van der Waals surface area contributed by atoms with Gasteiger partial charge in [0, 0.05) is 42.8 Å². The molecule has 1 aliphatic rings. The summed E-state index contributed by atoms with van der Waals surface area (Å²) in [5, 5.41) is 14.2. The SMILES string of the molecule is COc1ccc(C(=O)NCC(=O)N2CCN(c3ccc(Cl)cc3[N+](=O)[O-])CC2)cc1OC. The highest BCUT2D eigenvalue weighted by Crippen LogP contribution is 2.31. The Balaban J connectivity index is 1.55. The molecule has 170 valence electrons. The Morgan fingerprint density at radius 3 is 2.38 bits per heavy atom. The van der Waals surface area contributed by atoms with Gasteiger partial charge in [0.25, 0.3) is 11.6 Å². The third-order valence-corrected chi connectivity index (χ3v) is 5.39. The van der Waals surface area contributed by atoms with Crippen LogP contribution in [0.5, 0.6) is 11.5 Å². The van der Waals surface area contributed by atoms with E-state index in [0.717, 1.165) is 0 Å². The number of hydrogen-bond acceptors (Lipinski definition) is 7. The van der Waals surface area contributed by atoms with Crippen molar-refractivity contribution in [2.24, 2.45) is 0 Å². The summed E-state index contributed by atoms with van der Waals surface area (Å²) < 4.78 is 10.3. The summed E-state index contributed by atoms with van der Waals surface area (Å²) in [6.45, 7) is 1.46. The van der Waals surface area contributed by atoms with Crippen LogP contribution in [0.25, 0.3) is 0 Å². The third kappa shape index (κ3) is 5.20. The minimum atomic E-state index is -0.470. The van der Waals surface area contributed by atoms with E-state index < -0.39 is 10.8 Å². The molecule has 1 N–H and O–H groups in total. The number of hydrogen-bond donors (Lipinski definition) is 1. The Kier molecular flexibility index (Phi) is 7.37. The van der Waals surface area contributed by atoms with E-state index in [-0.39, 0.29) is 18.1 Å². The number of nitrogens with zero attached hydrogens (tertiary/aromatic N) is 3. The van der Waals surface area contributed by atoms with Crippen molar-refractivity contribution in [2.45, 2.75) is 0 Å². The van der Waals surface area contributed by atoms with Gasteiger partial charge in [-0.1, -0.05) is 11.6 Å². The van der Waals surface area contributed by atoms with Gasteiger partial charge < -0.3 is 24.6 Å². The maximum atomic E-state index is 12.5. The van der Waals surface area contributed by atoms with Gasteiger partial charge in [0.15, 0.2) is 11.5 Å². The van der Waals surface area contributed by atoms with Crippen molar-refractivity contribution in [3.8, 4) is 11.5 Å². The van der Waals surface area contributed by atoms with Crippen LogP contribution in [0.1, 0.15) is 10.4 Å². The Hall–Kier alpha value is -3.53. The maximum absolute atomic E-state index is 12.5. The predicted molar refractivity (Wildman–Crippen MR) is 119 cm³/mol. The lowest BCUT2D eigenvalue weighted by atomic mass is 10.2. The van der Waals surface area contributed by atoms with E-state index in [9.17, 15) is 19.7 Å². The minimum absolute atomic E-state index is 0.0699. The van der Waals surface area contributed by atoms with Crippen molar-refractivity contribution in [1.82, 2.24) is 10.2 Å². The second kappa shape index (κ2) is 10.2. The van der Waals surface area contributed by atoms with Gasteiger partial charge in [-0.2, -0.15) is 0 Å². The first-order chi connectivity index (χ1) is 15.3. The lowest BCUT2D eigenvalue weighted by molar-refractivity contribution is -0.384. The van der Waals surface area contributed by atoms with Gasteiger partial charge in [0.2, 0.25) is 5.91 Å². The largest absolute Gasteiger partial charge is 0.493 e. The molecule has 10 nitrogen and oxygen atoms in total. The number of nitro benzene ring substituents is 1. The lowest BCUT2D eigenvalue weighted by Crippen LogP contribution is -2.51. The summed E-state index contributed by atoms with van der Waals surface area (Å²) in [5.74, 6) is 0.275. The second-order valence-corrected chi connectivity index (χ2v) is 7.45. The molecule has 1 heterocycles. The molecule has 32 heavy (non-hydrogen) atoms. The van der Waals surface area contributed by atoms with Crippen LogP contribution in [0.15, 0.2) is 36.4 Å². The van der Waals surface area contributed by atoms with Crippen LogP contribution in [-0.4, -0.2) is 68.6 Å². The number of benzene rings is 2. The standard InChI is InChI=1S/C21H23ClN4O6/c1-31-18-6-3-14(11-19(18)32-2)21(28)23-13-20(27)25-9-7-24(8-10-25)16-5-4-15(22)12-17(16)26(29)30/h3-6,11-12H,7-10,13H2,1-2H3,(H,23,28). The van der Waals surface area contributed by atoms with E-state index >= 15 is 0 Å². The first-order valence-corrected chi connectivity index (χ1v) is 10.2. The summed E-state index contributed by atoms with van der Waals surface area (Å²) in [6.07, 6.45) is 0. The Bertz CT molecular complexity index is 1020. The van der Waals surface area contributed by atoms with Crippen molar-refractivity contribution >= 4 is 34.8 Å². The van der Waals surface area contributed by atoms with E-state index in [2.05, 4.69) is 5.32 Å². The summed E-state index contributed by atoms with van der Waals surface area (Å²) >= 11 is 5.88. The van der Waals surface area contributed by atoms with Crippen molar-refractivity contribution in [3.05, 3.63) is 57.1 Å². The summed E-state index contributed by atoms with van der Waals surface area (Å²) in [5.41, 5.74) is 0.739. The molecule has 2 aromatic rings. The van der Waals surface area contributed by atoms with E-state index in [1.165, 1.54) is 26.4 Å². The molecule has 0 saturated carbocycles. The first-order valence-electron chi connectivity index (χ1n) is 9.81. The maximum Gasteiger partial charge on any atom is 0.294 e. The molecule has 0 spiro atoms. The highest BCUT2D eigenvalue weighted by molar-refractivity contribution is 6.30. The quantitative estimate of drug-likeness (QED) is 0.496. The third-order valence-electron chi connectivity index (χ3n) is 5.15. The number of carbonyl (C=O) groups excluding carboxylic acids is 2. The molecule has 3 rings (SSSR count). The number of amides is 2. The molecular formula is C21H23ClN4O6. The van der Waals surface area contributed by atoms with E-state index in [0.29, 0.717) is 54.0 Å². The zero-order chi connectivity index (χ0) is 23.3. The number of nitro groups is 1. The van der Waals surface area contributed by atoms with Crippen molar-refractivity contribution in [3.63, 3.8) is 0 Å². The molecule has 0 unspecified atom stereocenters. The van der Waals surface area contributed by atoms with E-state index in [1.54, 1.807) is 29.2 Å². The van der Waals surface area contributed by atoms with Gasteiger partial charge in [-0.05, 0) is 30.3 Å². The number of anilines is 1. The molecule has 2 amide bonds. The smallest absolute Gasteiger partial charge is 0.294 e. The molecule has 0 radical (unpaired) electrons. The average Bonchev–Trinajstić information content (AvgIpc) is 2.81. The van der Waals surface area contributed by atoms with Crippen LogP contribution in [0.4, 0.5) is 11.4 Å². The van der Waals surface area contributed by atoms with Crippen LogP contribution >= 0.6 is 11.6 Å². The summed E-state index contributed by atoms with van der Waals surface area (Å²) in [4.78, 5) is 39.3. The zero-order valence-electron chi connectivity index (χ0n) is 17.7. The van der Waals surface area contributed by atoms with Gasteiger partial charge in [-0.15, -0.1) is 0 Å². The molecular weight excluding hydrogens is 440 g/mol. The summed E-state index contributed by atoms with van der Waals surface area (Å²) in [6, 6.07) is 9.27. The van der Waals surface area contributed by atoms with Gasteiger partial charge in [-0.3, -0.25) is 19.7 Å². The van der Waals surface area contributed by atoms with Crippen LogP contribution in [0.2, 0.25) is 5.02 Å². The lowest BCUT2D eigenvalue weighted by Gasteiger charge is -2.35. The highest BCUT2D eigenvalue weighted by Gasteiger charge is 2.26. The van der Waals surface area contributed by atoms with Gasteiger partial charge >= 0.3 is 0 Å². The number of carbonyl (C=O) groups is 2. The predicted octanol–water partition coefficient (Wildman–Crippen LogP) is 2.34. The zero-order valence-corrected chi connectivity index (χ0v) is 18.4. The van der Waals surface area contributed by atoms with Crippen molar-refractivity contribution in [2.75, 3.05) is 51.8 Å². The molecule has 1 saturated heterocycles. The monoisotopic (exact) mass is 462 g/mol. The number of rotatable bonds is 7. The van der Waals surface area contributed by atoms with Crippen LogP contribution in [0, 0.1) is 10.1 Å². The number of piperazine rings is 1. The molecule has 1 fully saturated rings. The number of ether oxygens (including phenoxy) is 2. The van der Waals surface area contributed by atoms with Crippen LogP contribution < -0.4 is 19.7 Å². The Morgan fingerprint density at radius 1 is 1.06 bits per heavy atom. The van der Waals surface area contributed by atoms with Gasteiger partial charge in [0.1, 0.15) is 5.69 Å². The summed E-state index contributed by atoms with van der Waals surface area (Å²) in [7, 11) is 2.97. The normalized spacial score (nSPS) is 13.5. The van der Waals surface area contributed by atoms with Gasteiger partial charge in [0.05, 0.1) is 25.7 Å². The first kappa shape index (κ1) is 23.1. The average molecular weight is 463 g/mol. The molecule has 0 aromatic heterocycles. The molecule has 11 heteroatoms. The number of nitrogens with one attached hydrogen (secondary N) is 1. The Labute approximate surface area is 189 Å². The molecule has 0 atom stereocenters. The van der Waals surface area contributed by atoms with Crippen molar-refractivity contribution < 1.29 is 24.0 Å². The number of methoxy groups -OCH3 is 2. The van der Waals surface area contributed by atoms with Crippen LogP contribution in [-0.2, 0) is 4.79 Å².